The Morgan fingerprint density at radius 2 is 2.26 bits per heavy atom. The van der Waals surface area contributed by atoms with Gasteiger partial charge >= 0.3 is 0 Å². The quantitative estimate of drug-likeness (QED) is 0.788. The summed E-state index contributed by atoms with van der Waals surface area (Å²) in [5.41, 5.74) is 0.458. The number of hydrogen-bond acceptors (Lipinski definition) is 6. The lowest BCUT2D eigenvalue weighted by Gasteiger charge is -2.38. The summed E-state index contributed by atoms with van der Waals surface area (Å²) in [6, 6.07) is 5.36. The van der Waals surface area contributed by atoms with E-state index in [1.165, 1.54) is 12.3 Å². The lowest BCUT2D eigenvalue weighted by molar-refractivity contribution is -0.135. The minimum Gasteiger partial charge on any atom is -0.472 e. The van der Waals surface area contributed by atoms with E-state index in [9.17, 15) is 9.90 Å². The van der Waals surface area contributed by atoms with E-state index in [1.807, 2.05) is 12.1 Å². The summed E-state index contributed by atoms with van der Waals surface area (Å²) in [6.07, 6.45) is 6.72. The van der Waals surface area contributed by atoms with Crippen LogP contribution in [0.3, 0.4) is 0 Å². The minimum atomic E-state index is -0.930. The number of rotatable bonds is 6. The second-order valence-corrected chi connectivity index (χ2v) is 7.16. The van der Waals surface area contributed by atoms with E-state index in [-0.39, 0.29) is 12.5 Å². The standard InChI is InChI=1S/C19H21ClN4O3/c20-16-9-15(10-21)11-22-18(16)23-13-19(26)4-6-24(7-5-19)17(25)2-1-14-3-8-27-12-14/h3,8-9,11-12,26H,1-2,4-7,13H2,(H,22,23). The van der Waals surface area contributed by atoms with Gasteiger partial charge in [0.15, 0.2) is 0 Å². The molecule has 3 heterocycles. The molecule has 1 fully saturated rings. The first-order valence-electron chi connectivity index (χ1n) is 8.80. The fourth-order valence-corrected chi connectivity index (χ4v) is 3.30. The van der Waals surface area contributed by atoms with Gasteiger partial charge in [-0.05, 0) is 37.0 Å². The molecule has 0 spiro atoms. The molecule has 2 N–H and O–H groups in total. The van der Waals surface area contributed by atoms with Gasteiger partial charge in [0.25, 0.3) is 0 Å². The molecule has 2 aromatic rings. The van der Waals surface area contributed by atoms with Gasteiger partial charge in [0, 0.05) is 32.3 Å². The molecule has 0 radical (unpaired) electrons. The summed E-state index contributed by atoms with van der Waals surface area (Å²) in [4.78, 5) is 18.2. The van der Waals surface area contributed by atoms with Crippen LogP contribution in [-0.4, -0.2) is 46.1 Å². The fraction of sp³-hybridized carbons (Fsp3) is 0.421. The van der Waals surface area contributed by atoms with Crippen molar-refractivity contribution in [1.82, 2.24) is 9.88 Å². The van der Waals surface area contributed by atoms with Gasteiger partial charge in [-0.15, -0.1) is 0 Å². The molecule has 2 aromatic heterocycles. The number of aryl methyl sites for hydroxylation is 1. The average molecular weight is 389 g/mol. The van der Waals surface area contributed by atoms with Crippen molar-refractivity contribution in [2.75, 3.05) is 25.0 Å². The zero-order valence-electron chi connectivity index (χ0n) is 14.8. The van der Waals surface area contributed by atoms with E-state index in [0.717, 1.165) is 5.56 Å². The molecule has 1 aliphatic rings. The first kappa shape index (κ1) is 19.2. The number of nitrogens with zero attached hydrogens (tertiary/aromatic N) is 3. The molecular formula is C19H21ClN4O3. The Labute approximate surface area is 162 Å². The van der Waals surface area contributed by atoms with Crippen LogP contribution in [0.1, 0.15) is 30.4 Å². The van der Waals surface area contributed by atoms with Gasteiger partial charge in [-0.3, -0.25) is 4.79 Å². The molecule has 27 heavy (non-hydrogen) atoms. The van der Waals surface area contributed by atoms with Crippen molar-refractivity contribution >= 4 is 23.3 Å². The monoisotopic (exact) mass is 388 g/mol. The number of aliphatic hydroxyl groups is 1. The largest absolute Gasteiger partial charge is 0.472 e. The Morgan fingerprint density at radius 3 is 2.89 bits per heavy atom. The van der Waals surface area contributed by atoms with Gasteiger partial charge in [-0.2, -0.15) is 5.26 Å². The van der Waals surface area contributed by atoms with E-state index < -0.39 is 5.60 Å². The lowest BCUT2D eigenvalue weighted by atomic mass is 9.91. The van der Waals surface area contributed by atoms with E-state index in [2.05, 4.69) is 10.3 Å². The molecule has 3 rings (SSSR count). The summed E-state index contributed by atoms with van der Waals surface area (Å²) in [5.74, 6) is 0.519. The molecule has 1 saturated heterocycles. The third-order valence-electron chi connectivity index (χ3n) is 4.81. The Morgan fingerprint density at radius 1 is 1.48 bits per heavy atom. The molecule has 0 aromatic carbocycles. The van der Waals surface area contributed by atoms with Crippen LogP contribution < -0.4 is 5.32 Å². The SMILES string of the molecule is N#Cc1cnc(NCC2(O)CCN(C(=O)CCc3ccoc3)CC2)c(Cl)c1. The van der Waals surface area contributed by atoms with Crippen molar-refractivity contribution in [3.8, 4) is 6.07 Å². The van der Waals surface area contributed by atoms with Crippen LogP contribution >= 0.6 is 11.6 Å². The summed E-state index contributed by atoms with van der Waals surface area (Å²) in [6.45, 7) is 1.30. The number of furan rings is 1. The van der Waals surface area contributed by atoms with Crippen LogP contribution in [0.2, 0.25) is 5.02 Å². The number of amides is 1. The maximum absolute atomic E-state index is 12.3. The maximum atomic E-state index is 12.3. The Balaban J connectivity index is 1.47. The normalized spacial score (nSPS) is 16.0. The predicted molar refractivity (Wildman–Crippen MR) is 100 cm³/mol. The van der Waals surface area contributed by atoms with Crippen molar-refractivity contribution in [2.24, 2.45) is 0 Å². The Kier molecular flexibility index (Phi) is 5.99. The molecule has 8 heteroatoms. The number of pyridine rings is 1. The third-order valence-corrected chi connectivity index (χ3v) is 5.10. The van der Waals surface area contributed by atoms with Crippen molar-refractivity contribution < 1.29 is 14.3 Å². The van der Waals surface area contributed by atoms with Gasteiger partial charge in [0.2, 0.25) is 5.91 Å². The fourth-order valence-electron chi connectivity index (χ4n) is 3.07. The number of halogens is 1. The molecule has 0 aliphatic carbocycles. The van der Waals surface area contributed by atoms with Gasteiger partial charge in [0.1, 0.15) is 11.9 Å². The number of nitriles is 1. The number of nitrogens with one attached hydrogen (secondary N) is 1. The zero-order chi connectivity index (χ0) is 19.3. The van der Waals surface area contributed by atoms with Crippen molar-refractivity contribution in [3.05, 3.63) is 47.0 Å². The summed E-state index contributed by atoms with van der Waals surface area (Å²) >= 11 is 6.10. The maximum Gasteiger partial charge on any atom is 0.222 e. The summed E-state index contributed by atoms with van der Waals surface area (Å²) < 4.78 is 5.01. The van der Waals surface area contributed by atoms with Crippen molar-refractivity contribution in [2.45, 2.75) is 31.3 Å². The molecule has 142 valence electrons. The number of hydrogen-bond donors (Lipinski definition) is 2. The van der Waals surface area contributed by atoms with Crippen LogP contribution in [0, 0.1) is 11.3 Å². The van der Waals surface area contributed by atoms with Gasteiger partial charge in [0.05, 0.1) is 28.7 Å². The van der Waals surface area contributed by atoms with Gasteiger partial charge < -0.3 is 19.7 Å². The number of aromatic nitrogens is 1. The third kappa shape index (κ3) is 5.00. The Bertz CT molecular complexity index is 824. The molecular weight excluding hydrogens is 368 g/mol. The zero-order valence-corrected chi connectivity index (χ0v) is 15.6. The number of piperidine rings is 1. The first-order valence-corrected chi connectivity index (χ1v) is 9.18. The molecule has 0 saturated carbocycles. The molecule has 1 amide bonds. The topological polar surface area (TPSA) is 102 Å². The smallest absolute Gasteiger partial charge is 0.222 e. The van der Waals surface area contributed by atoms with Crippen LogP contribution in [0.15, 0.2) is 35.3 Å². The molecule has 1 aliphatic heterocycles. The predicted octanol–water partition coefficient (Wildman–Crippen LogP) is 2.60. The van der Waals surface area contributed by atoms with Gasteiger partial charge in [-0.25, -0.2) is 4.98 Å². The highest BCUT2D eigenvalue weighted by Gasteiger charge is 2.33. The number of anilines is 1. The van der Waals surface area contributed by atoms with Crippen molar-refractivity contribution in [1.29, 1.82) is 5.26 Å². The highest BCUT2D eigenvalue weighted by Crippen LogP contribution is 2.25. The molecule has 0 bridgehead atoms. The molecule has 0 unspecified atom stereocenters. The number of likely N-dealkylation sites (tertiary alicyclic amines) is 1. The van der Waals surface area contributed by atoms with Gasteiger partial charge in [-0.1, -0.05) is 11.6 Å². The second kappa shape index (κ2) is 8.42. The summed E-state index contributed by atoms with van der Waals surface area (Å²) in [7, 11) is 0. The van der Waals surface area contributed by atoms with Crippen LogP contribution in [0.5, 0.6) is 0 Å². The van der Waals surface area contributed by atoms with Crippen LogP contribution in [0.25, 0.3) is 0 Å². The van der Waals surface area contributed by atoms with E-state index >= 15 is 0 Å². The van der Waals surface area contributed by atoms with Crippen molar-refractivity contribution in [3.63, 3.8) is 0 Å². The molecule has 7 nitrogen and oxygen atoms in total. The lowest BCUT2D eigenvalue weighted by Crippen LogP contribution is -2.50. The number of carbonyl (C=O) groups is 1. The Hall–Kier alpha value is -2.56. The highest BCUT2D eigenvalue weighted by molar-refractivity contribution is 6.33. The number of carbonyl (C=O) groups excluding carboxylic acids is 1. The van der Waals surface area contributed by atoms with E-state index in [0.29, 0.717) is 55.2 Å². The molecule has 0 atom stereocenters. The first-order chi connectivity index (χ1) is 13.0. The van der Waals surface area contributed by atoms with Crippen LogP contribution in [-0.2, 0) is 11.2 Å². The van der Waals surface area contributed by atoms with E-state index in [4.69, 9.17) is 21.3 Å². The van der Waals surface area contributed by atoms with E-state index in [1.54, 1.807) is 17.4 Å². The minimum absolute atomic E-state index is 0.0861. The average Bonchev–Trinajstić information content (AvgIpc) is 3.19. The van der Waals surface area contributed by atoms with Crippen LogP contribution in [0.4, 0.5) is 5.82 Å². The highest BCUT2D eigenvalue weighted by atomic mass is 35.5. The summed E-state index contributed by atoms with van der Waals surface area (Å²) in [5, 5.41) is 23.0. The second-order valence-electron chi connectivity index (χ2n) is 6.76.